The van der Waals surface area contributed by atoms with Gasteiger partial charge in [0.05, 0.1) is 7.11 Å². The van der Waals surface area contributed by atoms with Crippen LogP contribution in [-0.4, -0.2) is 18.2 Å². The third kappa shape index (κ3) is 1.63. The maximum Gasteiger partial charge on any atom is 0.344 e. The van der Waals surface area contributed by atoms with Gasteiger partial charge in [-0.2, -0.15) is 4.73 Å². The van der Waals surface area contributed by atoms with Crippen molar-refractivity contribution in [3.05, 3.63) is 29.2 Å². The van der Waals surface area contributed by atoms with Gasteiger partial charge in [-0.15, -0.1) is 0 Å². The van der Waals surface area contributed by atoms with Crippen LogP contribution in [0.5, 0.6) is 5.75 Å². The molecule has 1 aromatic rings. The maximum atomic E-state index is 10.8. The summed E-state index contributed by atoms with van der Waals surface area (Å²) in [5, 5.41) is 19.6. The fraction of sp³-hybridized carbons (Fsp3) is 0.143. The minimum absolute atomic E-state index is 0.0208. The molecule has 1 rings (SSSR count). The number of nitrogens with zero attached hydrogens (tertiary/aromatic N) is 1. The highest BCUT2D eigenvalue weighted by Crippen LogP contribution is 2.07. The minimum Gasteiger partial charge on any atom is -0.619 e. The molecule has 1 heterocycles. The van der Waals surface area contributed by atoms with Crippen LogP contribution in [-0.2, 0) is 4.74 Å². The lowest BCUT2D eigenvalue weighted by Gasteiger charge is -1.99. The molecule has 0 aliphatic heterocycles. The molecule has 64 valence electrons. The van der Waals surface area contributed by atoms with Gasteiger partial charge in [-0.1, -0.05) is 0 Å². The molecular weight excluding hydrogens is 162 g/mol. The van der Waals surface area contributed by atoms with Gasteiger partial charge in [-0.3, -0.25) is 0 Å². The van der Waals surface area contributed by atoms with E-state index in [0.29, 0.717) is 4.73 Å². The van der Waals surface area contributed by atoms with Gasteiger partial charge in [-0.25, -0.2) is 4.79 Å². The fourth-order valence-corrected chi connectivity index (χ4v) is 0.768. The molecule has 0 spiro atoms. The predicted molar refractivity (Wildman–Crippen MR) is 38.4 cm³/mol. The quantitative estimate of drug-likeness (QED) is 0.359. The smallest absolute Gasteiger partial charge is 0.344 e. The molecule has 0 bridgehead atoms. The van der Waals surface area contributed by atoms with Crippen LogP contribution in [0.15, 0.2) is 18.5 Å². The predicted octanol–water partition coefficient (Wildman–Crippen LogP) is -0.188. The van der Waals surface area contributed by atoms with Crippen molar-refractivity contribution in [2.24, 2.45) is 0 Å². The number of aromatic hydroxyl groups is 1. The Kier molecular flexibility index (Phi) is 2.14. The standard InChI is InChI=1S/C7H7NO4/c1-12-7(10)5-2-6(9)4-8(11)3-5/h2-4,9H,1H3. The largest absolute Gasteiger partial charge is 0.619 e. The molecule has 1 N–H and O–H groups in total. The van der Waals surface area contributed by atoms with Crippen molar-refractivity contribution in [3.8, 4) is 5.75 Å². The van der Waals surface area contributed by atoms with E-state index < -0.39 is 5.97 Å². The van der Waals surface area contributed by atoms with Crippen molar-refractivity contribution >= 4 is 5.97 Å². The van der Waals surface area contributed by atoms with Crippen LogP contribution in [0.4, 0.5) is 0 Å². The van der Waals surface area contributed by atoms with Gasteiger partial charge in [0.25, 0.3) is 0 Å². The summed E-state index contributed by atoms with van der Waals surface area (Å²) in [5.41, 5.74) is 0.0208. The third-order valence-electron chi connectivity index (χ3n) is 1.25. The molecule has 0 amide bonds. The molecule has 1 aromatic heterocycles. The van der Waals surface area contributed by atoms with Crippen LogP contribution < -0.4 is 4.73 Å². The summed E-state index contributed by atoms with van der Waals surface area (Å²) in [7, 11) is 1.20. The summed E-state index contributed by atoms with van der Waals surface area (Å²) in [6.45, 7) is 0. The van der Waals surface area contributed by atoms with E-state index in [-0.39, 0.29) is 11.3 Å². The molecule has 0 aliphatic carbocycles. The molecule has 0 aliphatic rings. The Morgan fingerprint density at radius 1 is 1.67 bits per heavy atom. The average Bonchev–Trinajstić information content (AvgIpc) is 2.01. The van der Waals surface area contributed by atoms with Crippen molar-refractivity contribution in [1.29, 1.82) is 0 Å². The van der Waals surface area contributed by atoms with E-state index >= 15 is 0 Å². The number of hydrogen-bond donors (Lipinski definition) is 1. The molecule has 0 saturated heterocycles. The molecule has 0 atom stereocenters. The van der Waals surface area contributed by atoms with Crippen LogP contribution >= 0.6 is 0 Å². The minimum atomic E-state index is -0.657. The Bertz CT molecular complexity index is 290. The highest BCUT2D eigenvalue weighted by atomic mass is 16.5. The number of carbonyl (C=O) groups is 1. The summed E-state index contributed by atoms with van der Waals surface area (Å²) < 4.78 is 4.68. The second kappa shape index (κ2) is 3.08. The van der Waals surface area contributed by atoms with Gasteiger partial charge < -0.3 is 15.1 Å². The average molecular weight is 169 g/mol. The first-order valence-corrected chi connectivity index (χ1v) is 3.14. The first kappa shape index (κ1) is 8.32. The van der Waals surface area contributed by atoms with Crippen molar-refractivity contribution in [2.75, 3.05) is 7.11 Å². The van der Waals surface area contributed by atoms with E-state index in [1.54, 1.807) is 0 Å². The summed E-state index contributed by atoms with van der Waals surface area (Å²) in [4.78, 5) is 10.8. The normalized spacial score (nSPS) is 9.42. The number of pyridine rings is 1. The number of aromatic nitrogens is 1. The van der Waals surface area contributed by atoms with Gasteiger partial charge in [0.2, 0.25) is 6.20 Å². The molecule has 0 saturated carbocycles. The Hall–Kier alpha value is -1.78. The van der Waals surface area contributed by atoms with Crippen LogP contribution in [0.25, 0.3) is 0 Å². The van der Waals surface area contributed by atoms with Crippen molar-refractivity contribution < 1.29 is 19.4 Å². The summed E-state index contributed by atoms with van der Waals surface area (Å²) in [6.07, 6.45) is 1.96. The van der Waals surface area contributed by atoms with E-state index in [1.165, 1.54) is 7.11 Å². The van der Waals surface area contributed by atoms with Crippen molar-refractivity contribution in [2.45, 2.75) is 0 Å². The lowest BCUT2D eigenvalue weighted by molar-refractivity contribution is -0.606. The number of methoxy groups -OCH3 is 1. The Balaban J connectivity index is 3.08. The van der Waals surface area contributed by atoms with Crippen LogP contribution in [0.1, 0.15) is 10.4 Å². The number of hydrogen-bond acceptors (Lipinski definition) is 4. The molecule has 12 heavy (non-hydrogen) atoms. The zero-order valence-electron chi connectivity index (χ0n) is 6.35. The van der Waals surface area contributed by atoms with Gasteiger partial charge in [-0.05, 0) is 0 Å². The first-order chi connectivity index (χ1) is 5.63. The van der Waals surface area contributed by atoms with Crippen molar-refractivity contribution in [1.82, 2.24) is 0 Å². The Morgan fingerprint density at radius 3 is 2.83 bits per heavy atom. The summed E-state index contributed by atoms with van der Waals surface area (Å²) in [6, 6.07) is 1.15. The highest BCUT2D eigenvalue weighted by Gasteiger charge is 2.10. The Morgan fingerprint density at radius 2 is 2.33 bits per heavy atom. The van der Waals surface area contributed by atoms with Gasteiger partial charge in [0.1, 0.15) is 5.56 Å². The van der Waals surface area contributed by atoms with Crippen LogP contribution in [0.2, 0.25) is 0 Å². The monoisotopic (exact) mass is 169 g/mol. The zero-order chi connectivity index (χ0) is 9.14. The summed E-state index contributed by atoms with van der Waals surface area (Å²) >= 11 is 0. The molecule has 0 unspecified atom stereocenters. The molecular formula is C7H7NO4. The van der Waals surface area contributed by atoms with Gasteiger partial charge in [0, 0.05) is 6.07 Å². The van der Waals surface area contributed by atoms with E-state index in [1.807, 2.05) is 0 Å². The second-order valence-electron chi connectivity index (χ2n) is 2.13. The van der Waals surface area contributed by atoms with Gasteiger partial charge >= 0.3 is 5.97 Å². The van der Waals surface area contributed by atoms with Crippen LogP contribution in [0.3, 0.4) is 0 Å². The second-order valence-corrected chi connectivity index (χ2v) is 2.13. The number of rotatable bonds is 1. The number of ether oxygens (including phenoxy) is 1. The van der Waals surface area contributed by atoms with Crippen molar-refractivity contribution in [3.63, 3.8) is 0 Å². The van der Waals surface area contributed by atoms with Gasteiger partial charge in [0.15, 0.2) is 11.9 Å². The van der Waals surface area contributed by atoms with E-state index in [9.17, 15) is 10.0 Å². The van der Waals surface area contributed by atoms with E-state index in [0.717, 1.165) is 18.5 Å². The number of esters is 1. The molecule has 5 nitrogen and oxygen atoms in total. The SMILES string of the molecule is COC(=O)c1cc(O)c[n+]([O-])c1. The fourth-order valence-electron chi connectivity index (χ4n) is 0.768. The number of carbonyl (C=O) groups excluding carboxylic acids is 1. The molecule has 0 aromatic carbocycles. The third-order valence-corrected chi connectivity index (χ3v) is 1.25. The molecule has 0 fully saturated rings. The van der Waals surface area contributed by atoms with E-state index in [2.05, 4.69) is 4.74 Å². The topological polar surface area (TPSA) is 73.5 Å². The van der Waals surface area contributed by atoms with E-state index in [4.69, 9.17) is 5.11 Å². The zero-order valence-corrected chi connectivity index (χ0v) is 6.35. The lowest BCUT2D eigenvalue weighted by Crippen LogP contribution is -2.26. The lowest BCUT2D eigenvalue weighted by atomic mass is 10.3. The first-order valence-electron chi connectivity index (χ1n) is 3.14. The molecule has 0 radical (unpaired) electrons. The highest BCUT2D eigenvalue weighted by molar-refractivity contribution is 5.88. The Labute approximate surface area is 68.4 Å². The maximum absolute atomic E-state index is 10.8. The molecule has 5 heteroatoms. The van der Waals surface area contributed by atoms with Crippen LogP contribution in [0, 0.1) is 5.21 Å². The summed E-state index contributed by atoms with van der Waals surface area (Å²) in [5.74, 6) is -0.927.